The molecule has 0 aliphatic carbocycles. The number of nitrogens with one attached hydrogen (secondary N) is 2. The van der Waals surface area contributed by atoms with E-state index < -0.39 is 0 Å². The molecule has 16 heavy (non-hydrogen) atoms. The van der Waals surface area contributed by atoms with E-state index in [-0.39, 0.29) is 10.6 Å². The quantitative estimate of drug-likeness (QED) is 0.872. The molecule has 1 aromatic rings. The van der Waals surface area contributed by atoms with Gasteiger partial charge in [-0.05, 0) is 30.3 Å². The van der Waals surface area contributed by atoms with Crippen molar-refractivity contribution < 1.29 is 0 Å². The van der Waals surface area contributed by atoms with Gasteiger partial charge in [-0.2, -0.15) is 16.9 Å². The lowest BCUT2D eigenvalue weighted by Crippen LogP contribution is -2.20. The Morgan fingerprint density at radius 1 is 1.56 bits per heavy atom. The van der Waals surface area contributed by atoms with Crippen LogP contribution in [-0.4, -0.2) is 28.2 Å². The number of aromatic amines is 1. The van der Waals surface area contributed by atoms with Gasteiger partial charge < -0.3 is 5.32 Å². The molecule has 0 radical (unpaired) electrons. The predicted octanol–water partition coefficient (Wildman–Crippen LogP) is 1.98. The van der Waals surface area contributed by atoms with Crippen LogP contribution < -0.4 is 10.9 Å². The van der Waals surface area contributed by atoms with Gasteiger partial charge in [-0.15, -0.1) is 0 Å². The number of hydrogen-bond donors (Lipinski definition) is 2. The fraction of sp³-hybridized carbons (Fsp3) is 0.600. The summed E-state index contributed by atoms with van der Waals surface area (Å²) in [5.41, 5.74) is 0.287. The molecule has 4 nitrogen and oxygen atoms in total. The van der Waals surface area contributed by atoms with E-state index in [4.69, 9.17) is 11.6 Å². The maximum atomic E-state index is 11.2. The van der Waals surface area contributed by atoms with Crippen LogP contribution in [0.5, 0.6) is 0 Å². The van der Waals surface area contributed by atoms with Gasteiger partial charge in [-0.3, -0.25) is 4.79 Å². The number of rotatable bonds is 3. The zero-order valence-corrected chi connectivity index (χ0v) is 10.4. The third kappa shape index (κ3) is 2.92. The van der Waals surface area contributed by atoms with Crippen LogP contribution in [0.25, 0.3) is 0 Å². The smallest absolute Gasteiger partial charge is 0.285 e. The first-order valence-electron chi connectivity index (χ1n) is 5.32. The molecular formula is C10H14ClN3OS. The van der Waals surface area contributed by atoms with E-state index in [1.54, 1.807) is 6.20 Å². The lowest BCUT2D eigenvalue weighted by molar-refractivity contribution is 0.516. The van der Waals surface area contributed by atoms with Crippen LogP contribution >= 0.6 is 23.4 Å². The number of H-pyrrole nitrogens is 1. The van der Waals surface area contributed by atoms with Crippen molar-refractivity contribution in [2.24, 2.45) is 5.92 Å². The first-order chi connectivity index (χ1) is 7.77. The van der Waals surface area contributed by atoms with Crippen LogP contribution in [0.4, 0.5) is 5.69 Å². The van der Waals surface area contributed by atoms with E-state index in [0.29, 0.717) is 11.6 Å². The van der Waals surface area contributed by atoms with E-state index in [9.17, 15) is 4.79 Å². The molecular weight excluding hydrogens is 246 g/mol. The number of halogens is 1. The second kappa shape index (κ2) is 5.59. The third-order valence-corrected chi connectivity index (χ3v) is 4.14. The summed E-state index contributed by atoms with van der Waals surface area (Å²) in [6.07, 6.45) is 4.01. The average molecular weight is 260 g/mol. The second-order valence-electron chi connectivity index (χ2n) is 3.86. The van der Waals surface area contributed by atoms with Crippen molar-refractivity contribution in [3.8, 4) is 0 Å². The molecule has 1 aromatic heterocycles. The van der Waals surface area contributed by atoms with Crippen LogP contribution in [0.15, 0.2) is 11.0 Å². The highest BCUT2D eigenvalue weighted by Crippen LogP contribution is 2.23. The molecule has 2 rings (SSSR count). The highest BCUT2D eigenvalue weighted by molar-refractivity contribution is 7.99. The Morgan fingerprint density at radius 3 is 3.06 bits per heavy atom. The monoisotopic (exact) mass is 259 g/mol. The van der Waals surface area contributed by atoms with Crippen LogP contribution in [0, 0.1) is 5.92 Å². The van der Waals surface area contributed by atoms with Crippen LogP contribution in [0.3, 0.4) is 0 Å². The normalized spacial score (nSPS) is 17.3. The van der Waals surface area contributed by atoms with E-state index in [0.717, 1.165) is 6.54 Å². The minimum absolute atomic E-state index is 0.195. The SMILES string of the molecule is O=c1[nH]ncc(NCC2CCSCC2)c1Cl. The van der Waals surface area contributed by atoms with Gasteiger partial charge in [-0.25, -0.2) is 5.10 Å². The first-order valence-corrected chi connectivity index (χ1v) is 6.85. The van der Waals surface area contributed by atoms with Crippen molar-refractivity contribution in [3.05, 3.63) is 21.6 Å². The lowest BCUT2D eigenvalue weighted by atomic mass is 10.0. The standard InChI is InChI=1S/C10H14ClN3OS/c11-9-8(6-13-14-10(9)15)12-5-7-1-3-16-4-2-7/h6-7H,1-5H2,(H2,12,14,15). The highest BCUT2D eigenvalue weighted by Gasteiger charge is 2.14. The summed E-state index contributed by atoms with van der Waals surface area (Å²) in [5.74, 6) is 3.14. The Labute approximate surface area is 103 Å². The molecule has 1 aliphatic heterocycles. The van der Waals surface area contributed by atoms with Crippen molar-refractivity contribution in [2.75, 3.05) is 23.4 Å². The first kappa shape index (κ1) is 11.8. The molecule has 2 N–H and O–H groups in total. The van der Waals surface area contributed by atoms with E-state index in [2.05, 4.69) is 15.5 Å². The summed E-state index contributed by atoms with van der Waals surface area (Å²) in [6, 6.07) is 0. The van der Waals surface area contributed by atoms with Gasteiger partial charge in [0.2, 0.25) is 0 Å². The van der Waals surface area contributed by atoms with Crippen molar-refractivity contribution in [2.45, 2.75) is 12.8 Å². The number of thioether (sulfide) groups is 1. The molecule has 1 aliphatic rings. The molecule has 0 spiro atoms. The van der Waals surface area contributed by atoms with E-state index in [1.165, 1.54) is 24.3 Å². The Morgan fingerprint density at radius 2 is 2.31 bits per heavy atom. The average Bonchev–Trinajstić information content (AvgIpc) is 2.32. The van der Waals surface area contributed by atoms with Gasteiger partial charge in [-0.1, -0.05) is 11.6 Å². The van der Waals surface area contributed by atoms with Gasteiger partial charge in [0.15, 0.2) is 0 Å². The maximum Gasteiger partial charge on any atom is 0.285 e. The number of anilines is 1. The Balaban J connectivity index is 1.93. The minimum Gasteiger partial charge on any atom is -0.382 e. The predicted molar refractivity (Wildman–Crippen MR) is 68.4 cm³/mol. The zero-order chi connectivity index (χ0) is 11.4. The fourth-order valence-electron chi connectivity index (χ4n) is 1.71. The molecule has 1 saturated heterocycles. The van der Waals surface area contributed by atoms with Gasteiger partial charge in [0, 0.05) is 6.54 Å². The molecule has 0 saturated carbocycles. The minimum atomic E-state index is -0.342. The van der Waals surface area contributed by atoms with Gasteiger partial charge in [0.05, 0.1) is 11.9 Å². The van der Waals surface area contributed by atoms with Gasteiger partial charge in [0.25, 0.3) is 5.56 Å². The maximum absolute atomic E-state index is 11.2. The fourth-order valence-corrected chi connectivity index (χ4v) is 3.07. The Kier molecular flexibility index (Phi) is 4.12. The summed E-state index contributed by atoms with van der Waals surface area (Å²) in [6.45, 7) is 0.866. The number of aromatic nitrogens is 2. The van der Waals surface area contributed by atoms with Crippen LogP contribution in [0.2, 0.25) is 5.02 Å². The molecule has 0 amide bonds. The molecule has 6 heteroatoms. The third-order valence-electron chi connectivity index (χ3n) is 2.72. The van der Waals surface area contributed by atoms with Crippen molar-refractivity contribution in [1.29, 1.82) is 0 Å². The van der Waals surface area contributed by atoms with E-state index >= 15 is 0 Å². The molecule has 0 atom stereocenters. The van der Waals surface area contributed by atoms with Gasteiger partial charge in [0.1, 0.15) is 5.02 Å². The van der Waals surface area contributed by atoms with Gasteiger partial charge >= 0.3 is 0 Å². The van der Waals surface area contributed by atoms with Crippen LogP contribution in [-0.2, 0) is 0 Å². The van der Waals surface area contributed by atoms with E-state index in [1.807, 2.05) is 11.8 Å². The van der Waals surface area contributed by atoms with Crippen molar-refractivity contribution in [3.63, 3.8) is 0 Å². The summed E-state index contributed by atoms with van der Waals surface area (Å²) < 4.78 is 0. The topological polar surface area (TPSA) is 57.8 Å². The number of hydrogen-bond acceptors (Lipinski definition) is 4. The number of nitrogens with zero attached hydrogens (tertiary/aromatic N) is 1. The molecule has 0 unspecified atom stereocenters. The molecule has 1 fully saturated rings. The van der Waals surface area contributed by atoms with Crippen molar-refractivity contribution in [1.82, 2.24) is 10.2 Å². The Hall–Kier alpha value is -0.680. The molecule has 2 heterocycles. The highest BCUT2D eigenvalue weighted by atomic mass is 35.5. The second-order valence-corrected chi connectivity index (χ2v) is 5.47. The lowest BCUT2D eigenvalue weighted by Gasteiger charge is -2.22. The summed E-state index contributed by atoms with van der Waals surface area (Å²) in [7, 11) is 0. The summed E-state index contributed by atoms with van der Waals surface area (Å²) in [4.78, 5) is 11.2. The molecule has 88 valence electrons. The van der Waals surface area contributed by atoms with Crippen molar-refractivity contribution >= 4 is 29.1 Å². The zero-order valence-electron chi connectivity index (χ0n) is 8.83. The summed E-state index contributed by atoms with van der Waals surface area (Å²) >= 11 is 7.87. The molecule has 0 bridgehead atoms. The Bertz CT molecular complexity index is 403. The summed E-state index contributed by atoms with van der Waals surface area (Å²) in [5, 5.41) is 9.41. The van der Waals surface area contributed by atoms with Crippen LogP contribution in [0.1, 0.15) is 12.8 Å². The molecule has 0 aromatic carbocycles. The largest absolute Gasteiger partial charge is 0.382 e.